The number of carbonyl (C=O) groups is 1. The van der Waals surface area contributed by atoms with Gasteiger partial charge in [0.05, 0.1) is 29.4 Å². The highest BCUT2D eigenvalue weighted by Gasteiger charge is 2.26. The molecule has 1 saturated heterocycles. The molecule has 0 radical (unpaired) electrons. The lowest BCUT2D eigenvalue weighted by Crippen LogP contribution is -2.45. The fourth-order valence-electron chi connectivity index (χ4n) is 5.51. The highest BCUT2D eigenvalue weighted by Crippen LogP contribution is 2.36. The minimum Gasteiger partial charge on any atom is -0.481 e. The average molecular weight is 511 g/mol. The number of hydrogen-bond donors (Lipinski definition) is 2. The van der Waals surface area contributed by atoms with Crippen molar-refractivity contribution in [2.75, 3.05) is 29.9 Å². The van der Waals surface area contributed by atoms with Crippen molar-refractivity contribution in [2.45, 2.75) is 58.0 Å². The SMILES string of the molecule is CCC(CC(=O)O)c1ccc(N(CC)C2CCN(Cc3ccccc3)CC2)c(Nc2ccc(C#N)cc2)c1. The van der Waals surface area contributed by atoms with Crippen molar-refractivity contribution in [2.24, 2.45) is 0 Å². The zero-order chi connectivity index (χ0) is 26.9. The summed E-state index contributed by atoms with van der Waals surface area (Å²) in [6, 6.07) is 27.1. The molecule has 1 atom stereocenters. The van der Waals surface area contributed by atoms with Gasteiger partial charge in [0, 0.05) is 37.9 Å². The lowest BCUT2D eigenvalue weighted by Gasteiger charge is -2.40. The van der Waals surface area contributed by atoms with Crippen LogP contribution in [0.25, 0.3) is 0 Å². The summed E-state index contributed by atoms with van der Waals surface area (Å²) in [6.45, 7) is 8.23. The molecule has 6 heteroatoms. The van der Waals surface area contributed by atoms with Gasteiger partial charge in [0.1, 0.15) is 0 Å². The Morgan fingerprint density at radius 3 is 2.39 bits per heavy atom. The van der Waals surface area contributed by atoms with E-state index in [-0.39, 0.29) is 12.3 Å². The van der Waals surface area contributed by atoms with Crippen LogP contribution >= 0.6 is 0 Å². The molecule has 3 aromatic rings. The number of carboxylic acid groups (broad SMARTS) is 1. The first-order chi connectivity index (χ1) is 18.5. The quantitative estimate of drug-likeness (QED) is 0.297. The molecular formula is C32H38N4O2. The van der Waals surface area contributed by atoms with Crippen molar-refractivity contribution in [3.8, 4) is 6.07 Å². The molecule has 0 amide bonds. The Kier molecular flexibility index (Phi) is 9.40. The van der Waals surface area contributed by atoms with Crippen LogP contribution in [0.3, 0.4) is 0 Å². The molecule has 0 aliphatic carbocycles. The summed E-state index contributed by atoms with van der Waals surface area (Å²) in [4.78, 5) is 16.5. The Balaban J connectivity index is 1.57. The first-order valence-corrected chi connectivity index (χ1v) is 13.7. The number of likely N-dealkylation sites (tertiary alicyclic amines) is 1. The average Bonchev–Trinajstić information content (AvgIpc) is 2.94. The van der Waals surface area contributed by atoms with Crippen LogP contribution in [0, 0.1) is 11.3 Å². The van der Waals surface area contributed by atoms with E-state index >= 15 is 0 Å². The number of piperidine rings is 1. The van der Waals surface area contributed by atoms with Gasteiger partial charge in [-0.05, 0) is 79.6 Å². The molecule has 1 aliphatic heterocycles. The Labute approximate surface area is 226 Å². The normalized spacial score (nSPS) is 15.0. The molecule has 6 nitrogen and oxygen atoms in total. The summed E-state index contributed by atoms with van der Waals surface area (Å²) in [5.41, 5.74) is 6.02. The van der Waals surface area contributed by atoms with E-state index in [0.717, 1.165) is 68.1 Å². The second-order valence-corrected chi connectivity index (χ2v) is 10.1. The molecule has 1 aliphatic rings. The molecule has 0 aromatic heterocycles. The van der Waals surface area contributed by atoms with Gasteiger partial charge in [0.25, 0.3) is 0 Å². The minimum atomic E-state index is -0.778. The van der Waals surface area contributed by atoms with Gasteiger partial charge in [-0.25, -0.2) is 0 Å². The molecule has 0 spiro atoms. The summed E-state index contributed by atoms with van der Waals surface area (Å²) in [7, 11) is 0. The second kappa shape index (κ2) is 13.1. The van der Waals surface area contributed by atoms with E-state index in [1.807, 2.05) is 31.2 Å². The van der Waals surface area contributed by atoms with Crippen LogP contribution in [-0.4, -0.2) is 41.7 Å². The lowest BCUT2D eigenvalue weighted by molar-refractivity contribution is -0.137. The molecule has 4 rings (SSSR count). The van der Waals surface area contributed by atoms with Crippen molar-refractivity contribution in [3.63, 3.8) is 0 Å². The Hall–Kier alpha value is -3.82. The van der Waals surface area contributed by atoms with E-state index in [4.69, 9.17) is 0 Å². The fourth-order valence-corrected chi connectivity index (χ4v) is 5.51. The van der Waals surface area contributed by atoms with Crippen molar-refractivity contribution in [3.05, 3.63) is 89.5 Å². The van der Waals surface area contributed by atoms with Crippen molar-refractivity contribution in [1.29, 1.82) is 5.26 Å². The third kappa shape index (κ3) is 6.93. The number of benzene rings is 3. The standard InChI is InChI=1S/C32H38N4O2/c1-3-26(21-32(37)38)27-12-15-31(30(20-27)34-28-13-10-24(22-33)11-14-28)36(4-2)29-16-18-35(19-17-29)23-25-8-6-5-7-9-25/h5-15,20,26,29,34H,3-4,16-19,21,23H2,1-2H3,(H,37,38). The first kappa shape index (κ1) is 27.2. The maximum atomic E-state index is 11.5. The number of nitrogens with one attached hydrogen (secondary N) is 1. The topological polar surface area (TPSA) is 79.6 Å². The molecule has 38 heavy (non-hydrogen) atoms. The number of nitrogens with zero attached hydrogens (tertiary/aromatic N) is 3. The van der Waals surface area contributed by atoms with Gasteiger partial charge in [0.15, 0.2) is 0 Å². The van der Waals surface area contributed by atoms with Crippen LogP contribution in [0.4, 0.5) is 17.1 Å². The number of carboxylic acids is 1. The third-order valence-corrected chi connectivity index (χ3v) is 7.60. The predicted molar refractivity (Wildman–Crippen MR) is 154 cm³/mol. The lowest BCUT2D eigenvalue weighted by atomic mass is 9.92. The summed E-state index contributed by atoms with van der Waals surface area (Å²) >= 11 is 0. The maximum absolute atomic E-state index is 11.5. The number of aliphatic carboxylic acids is 1. The number of nitriles is 1. The Bertz CT molecular complexity index is 1230. The minimum absolute atomic E-state index is 0.0423. The smallest absolute Gasteiger partial charge is 0.303 e. The zero-order valence-corrected chi connectivity index (χ0v) is 22.4. The van der Waals surface area contributed by atoms with Crippen LogP contribution < -0.4 is 10.2 Å². The summed E-state index contributed by atoms with van der Waals surface area (Å²) in [6.07, 6.45) is 3.06. The highest BCUT2D eigenvalue weighted by atomic mass is 16.4. The van der Waals surface area contributed by atoms with E-state index < -0.39 is 5.97 Å². The number of anilines is 3. The van der Waals surface area contributed by atoms with E-state index in [9.17, 15) is 15.2 Å². The fraction of sp³-hybridized carbons (Fsp3) is 0.375. The summed E-state index contributed by atoms with van der Waals surface area (Å²) in [5.74, 6) is -0.820. The van der Waals surface area contributed by atoms with Gasteiger partial charge in [0.2, 0.25) is 0 Å². The van der Waals surface area contributed by atoms with Crippen LogP contribution in [-0.2, 0) is 11.3 Å². The second-order valence-electron chi connectivity index (χ2n) is 10.1. The van der Waals surface area contributed by atoms with Gasteiger partial charge in [-0.3, -0.25) is 9.69 Å². The molecule has 0 bridgehead atoms. The van der Waals surface area contributed by atoms with Crippen LogP contribution in [0.5, 0.6) is 0 Å². The van der Waals surface area contributed by atoms with Crippen molar-refractivity contribution < 1.29 is 9.90 Å². The molecule has 1 fully saturated rings. The van der Waals surface area contributed by atoms with Gasteiger partial charge in [-0.2, -0.15) is 5.26 Å². The molecule has 3 aromatic carbocycles. The zero-order valence-electron chi connectivity index (χ0n) is 22.4. The molecular weight excluding hydrogens is 472 g/mol. The molecule has 2 N–H and O–H groups in total. The van der Waals surface area contributed by atoms with E-state index in [1.165, 1.54) is 5.56 Å². The summed E-state index contributed by atoms with van der Waals surface area (Å²) < 4.78 is 0. The third-order valence-electron chi connectivity index (χ3n) is 7.60. The monoisotopic (exact) mass is 510 g/mol. The van der Waals surface area contributed by atoms with E-state index in [2.05, 4.69) is 76.6 Å². The number of hydrogen-bond acceptors (Lipinski definition) is 5. The molecule has 198 valence electrons. The molecule has 1 unspecified atom stereocenters. The molecule has 0 saturated carbocycles. The summed E-state index contributed by atoms with van der Waals surface area (Å²) in [5, 5.41) is 22.2. The number of rotatable bonds is 11. The predicted octanol–water partition coefficient (Wildman–Crippen LogP) is 6.76. The maximum Gasteiger partial charge on any atom is 0.303 e. The molecule has 1 heterocycles. The first-order valence-electron chi connectivity index (χ1n) is 13.7. The van der Waals surface area contributed by atoms with Gasteiger partial charge in [-0.15, -0.1) is 0 Å². The van der Waals surface area contributed by atoms with E-state index in [0.29, 0.717) is 11.6 Å². The Morgan fingerprint density at radius 2 is 1.79 bits per heavy atom. The van der Waals surface area contributed by atoms with Gasteiger partial charge in [-0.1, -0.05) is 43.3 Å². The van der Waals surface area contributed by atoms with Gasteiger partial charge < -0.3 is 15.3 Å². The van der Waals surface area contributed by atoms with Crippen molar-refractivity contribution >= 4 is 23.0 Å². The van der Waals surface area contributed by atoms with Crippen LogP contribution in [0.1, 0.15) is 62.1 Å². The van der Waals surface area contributed by atoms with E-state index in [1.54, 1.807) is 0 Å². The van der Waals surface area contributed by atoms with Crippen LogP contribution in [0.15, 0.2) is 72.8 Å². The Morgan fingerprint density at radius 1 is 1.08 bits per heavy atom. The van der Waals surface area contributed by atoms with Crippen molar-refractivity contribution in [1.82, 2.24) is 4.90 Å². The van der Waals surface area contributed by atoms with Crippen LogP contribution in [0.2, 0.25) is 0 Å². The highest BCUT2D eigenvalue weighted by molar-refractivity contribution is 5.77. The largest absolute Gasteiger partial charge is 0.481 e. The van der Waals surface area contributed by atoms with Gasteiger partial charge >= 0.3 is 5.97 Å².